The lowest BCUT2D eigenvalue weighted by molar-refractivity contribution is -0.118. The number of anilines is 1. The number of carbonyl (C=O) groups is 1. The van der Waals surface area contributed by atoms with Gasteiger partial charge in [0.1, 0.15) is 11.6 Å². The average molecular weight is 484 g/mol. The molecule has 0 saturated carbocycles. The maximum Gasteiger partial charge on any atom is 0.262 e. The van der Waals surface area contributed by atoms with Crippen LogP contribution >= 0.6 is 0 Å². The van der Waals surface area contributed by atoms with Crippen molar-refractivity contribution in [3.8, 4) is 5.75 Å². The lowest BCUT2D eigenvalue weighted by Crippen LogP contribution is -2.46. The highest BCUT2D eigenvalue weighted by Gasteiger charge is 2.18. The predicted octanol–water partition coefficient (Wildman–Crippen LogP) is 3.95. The number of fused-ring (bicyclic) bond motifs is 1. The lowest BCUT2D eigenvalue weighted by atomic mass is 10.2. The van der Waals surface area contributed by atoms with Crippen LogP contribution < -0.4 is 10.1 Å². The van der Waals surface area contributed by atoms with Crippen molar-refractivity contribution in [2.24, 2.45) is 7.05 Å². The zero-order chi connectivity index (χ0) is 24.7. The Hall–Kier alpha value is -3.68. The van der Waals surface area contributed by atoms with E-state index in [2.05, 4.69) is 57.1 Å². The number of ether oxygens (including phenoxy) is 1. The molecular formula is C29H33N5O2. The molecule has 1 N–H and O–H groups in total. The van der Waals surface area contributed by atoms with Gasteiger partial charge in [-0.1, -0.05) is 48.5 Å². The van der Waals surface area contributed by atoms with Gasteiger partial charge in [0.05, 0.1) is 11.0 Å². The molecule has 1 amide bonds. The fraction of sp³-hybridized carbons (Fsp3) is 0.310. The van der Waals surface area contributed by atoms with E-state index >= 15 is 0 Å². The summed E-state index contributed by atoms with van der Waals surface area (Å²) in [5.74, 6) is 1.54. The second kappa shape index (κ2) is 11.4. The number of aromatic nitrogens is 2. The first-order chi connectivity index (χ1) is 17.6. The highest BCUT2D eigenvalue weighted by Crippen LogP contribution is 2.20. The van der Waals surface area contributed by atoms with Crippen LogP contribution in [-0.4, -0.2) is 64.6 Å². The quantitative estimate of drug-likeness (QED) is 0.391. The molecule has 1 aliphatic heterocycles. The highest BCUT2D eigenvalue weighted by atomic mass is 16.5. The first kappa shape index (κ1) is 24.0. The minimum absolute atomic E-state index is 0.0336. The molecule has 186 valence electrons. The Balaban J connectivity index is 1.12. The fourth-order valence-corrected chi connectivity index (χ4v) is 4.68. The Morgan fingerprint density at radius 2 is 1.61 bits per heavy atom. The van der Waals surface area contributed by atoms with Crippen LogP contribution in [0.25, 0.3) is 11.0 Å². The maximum atomic E-state index is 12.3. The van der Waals surface area contributed by atoms with Crippen LogP contribution in [0.15, 0.2) is 78.9 Å². The summed E-state index contributed by atoms with van der Waals surface area (Å²) in [6.45, 7) is 6.33. The summed E-state index contributed by atoms with van der Waals surface area (Å²) in [6.07, 6.45) is 0.899. The smallest absolute Gasteiger partial charge is 0.262 e. The topological polar surface area (TPSA) is 62.6 Å². The lowest BCUT2D eigenvalue weighted by Gasteiger charge is -2.34. The van der Waals surface area contributed by atoms with Crippen LogP contribution in [0.2, 0.25) is 0 Å². The van der Waals surface area contributed by atoms with Gasteiger partial charge in [0.2, 0.25) is 0 Å². The van der Waals surface area contributed by atoms with Crippen LogP contribution in [0, 0.1) is 0 Å². The third-order valence-corrected chi connectivity index (χ3v) is 6.74. The summed E-state index contributed by atoms with van der Waals surface area (Å²) in [6, 6.07) is 25.9. The Bertz CT molecular complexity index is 1280. The van der Waals surface area contributed by atoms with E-state index in [1.54, 1.807) is 0 Å². The molecule has 1 saturated heterocycles. The number of benzene rings is 3. The van der Waals surface area contributed by atoms with Gasteiger partial charge in [-0.05, 0) is 35.9 Å². The van der Waals surface area contributed by atoms with Crippen LogP contribution in [0.3, 0.4) is 0 Å². The van der Waals surface area contributed by atoms with Gasteiger partial charge in [-0.15, -0.1) is 0 Å². The minimum atomic E-state index is -0.194. The molecule has 7 heteroatoms. The van der Waals surface area contributed by atoms with E-state index in [-0.39, 0.29) is 12.5 Å². The molecule has 0 aliphatic carbocycles. The number of rotatable bonds is 9. The number of nitrogens with one attached hydrogen (secondary N) is 1. The van der Waals surface area contributed by atoms with Crippen molar-refractivity contribution < 1.29 is 9.53 Å². The van der Waals surface area contributed by atoms with Gasteiger partial charge in [-0.25, -0.2) is 4.98 Å². The van der Waals surface area contributed by atoms with Crippen molar-refractivity contribution in [3.63, 3.8) is 0 Å². The summed E-state index contributed by atoms with van der Waals surface area (Å²) >= 11 is 0. The number of imidazole rings is 1. The van der Waals surface area contributed by atoms with E-state index in [1.165, 1.54) is 5.56 Å². The van der Waals surface area contributed by atoms with Crippen molar-refractivity contribution in [1.29, 1.82) is 0 Å². The maximum absolute atomic E-state index is 12.3. The van der Waals surface area contributed by atoms with E-state index in [4.69, 9.17) is 9.72 Å². The van der Waals surface area contributed by atoms with Gasteiger partial charge in [-0.2, -0.15) is 0 Å². The van der Waals surface area contributed by atoms with Gasteiger partial charge in [0.15, 0.2) is 6.61 Å². The first-order valence-electron chi connectivity index (χ1n) is 12.6. The number of carbonyl (C=O) groups excluding carboxylic acids is 1. The molecule has 4 aromatic rings. The number of para-hydroxylation sites is 1. The zero-order valence-corrected chi connectivity index (χ0v) is 20.8. The fourth-order valence-electron chi connectivity index (χ4n) is 4.68. The Labute approximate surface area is 212 Å². The zero-order valence-electron chi connectivity index (χ0n) is 20.8. The van der Waals surface area contributed by atoms with Crippen molar-refractivity contribution in [2.75, 3.05) is 44.6 Å². The summed E-state index contributed by atoms with van der Waals surface area (Å²) in [5.41, 5.74) is 4.06. The normalized spacial score (nSPS) is 14.7. The van der Waals surface area contributed by atoms with Crippen molar-refractivity contribution in [2.45, 2.75) is 13.0 Å². The monoisotopic (exact) mass is 483 g/mol. The molecule has 7 nitrogen and oxygen atoms in total. The largest absolute Gasteiger partial charge is 0.484 e. The molecule has 0 unspecified atom stereocenters. The molecule has 0 bridgehead atoms. The number of amides is 1. The van der Waals surface area contributed by atoms with E-state index in [0.29, 0.717) is 5.75 Å². The molecule has 5 rings (SSSR count). The number of nitrogens with zero attached hydrogens (tertiary/aromatic N) is 4. The summed E-state index contributed by atoms with van der Waals surface area (Å²) in [4.78, 5) is 22.3. The molecule has 1 fully saturated rings. The molecule has 36 heavy (non-hydrogen) atoms. The van der Waals surface area contributed by atoms with Gasteiger partial charge >= 0.3 is 0 Å². The SMILES string of the molecule is Cn1c(CCN2CCN(Cc3ccccc3)CC2)nc2cc(NC(=O)COc3ccccc3)ccc21. The van der Waals surface area contributed by atoms with E-state index in [9.17, 15) is 4.79 Å². The minimum Gasteiger partial charge on any atom is -0.484 e. The van der Waals surface area contributed by atoms with Gasteiger partial charge in [0.25, 0.3) is 5.91 Å². The first-order valence-corrected chi connectivity index (χ1v) is 12.6. The highest BCUT2D eigenvalue weighted by molar-refractivity contribution is 5.94. The van der Waals surface area contributed by atoms with Gasteiger partial charge < -0.3 is 19.5 Å². The molecule has 2 heterocycles. The molecule has 1 aromatic heterocycles. The third kappa shape index (κ3) is 6.11. The second-order valence-electron chi connectivity index (χ2n) is 9.29. The molecule has 0 radical (unpaired) electrons. The molecule has 1 aliphatic rings. The summed E-state index contributed by atoms with van der Waals surface area (Å²) in [5, 5.41) is 2.91. The Morgan fingerprint density at radius 3 is 2.36 bits per heavy atom. The standard InChI is InChI=1S/C29H33N5O2/c1-32-27-13-12-24(30-29(35)22-36-25-10-6-3-7-11-25)20-26(27)31-28(32)14-15-33-16-18-34(19-17-33)21-23-8-4-2-5-9-23/h2-13,20H,14-19,21-22H2,1H3,(H,30,35). The van der Waals surface area contributed by atoms with E-state index < -0.39 is 0 Å². The number of hydrogen-bond acceptors (Lipinski definition) is 5. The molecular weight excluding hydrogens is 450 g/mol. The van der Waals surface area contributed by atoms with Gasteiger partial charge in [0, 0.05) is 58.4 Å². The Kier molecular flexibility index (Phi) is 7.59. The molecule has 3 aromatic carbocycles. The predicted molar refractivity (Wildman–Crippen MR) is 143 cm³/mol. The van der Waals surface area contributed by atoms with Crippen LogP contribution in [0.5, 0.6) is 5.75 Å². The summed E-state index contributed by atoms with van der Waals surface area (Å²) in [7, 11) is 2.06. The van der Waals surface area contributed by atoms with Crippen LogP contribution in [0.1, 0.15) is 11.4 Å². The van der Waals surface area contributed by atoms with Crippen molar-refractivity contribution in [3.05, 3.63) is 90.3 Å². The van der Waals surface area contributed by atoms with Crippen LogP contribution in [-0.2, 0) is 24.8 Å². The van der Waals surface area contributed by atoms with E-state index in [0.717, 1.165) is 68.2 Å². The Morgan fingerprint density at radius 1 is 0.917 bits per heavy atom. The molecule has 0 atom stereocenters. The number of aryl methyl sites for hydroxylation is 1. The second-order valence-corrected chi connectivity index (χ2v) is 9.29. The third-order valence-electron chi connectivity index (χ3n) is 6.74. The van der Waals surface area contributed by atoms with Crippen molar-refractivity contribution >= 4 is 22.6 Å². The number of piperazine rings is 1. The number of hydrogen-bond donors (Lipinski definition) is 1. The molecule has 0 spiro atoms. The summed E-state index contributed by atoms with van der Waals surface area (Å²) < 4.78 is 7.69. The van der Waals surface area contributed by atoms with Gasteiger partial charge in [-0.3, -0.25) is 9.69 Å². The average Bonchev–Trinajstić information content (AvgIpc) is 3.23. The van der Waals surface area contributed by atoms with Crippen molar-refractivity contribution in [1.82, 2.24) is 19.4 Å². The van der Waals surface area contributed by atoms with Crippen LogP contribution in [0.4, 0.5) is 5.69 Å². The van der Waals surface area contributed by atoms with E-state index in [1.807, 2.05) is 48.5 Å².